The van der Waals surface area contributed by atoms with Crippen molar-refractivity contribution in [1.29, 1.82) is 0 Å². The van der Waals surface area contributed by atoms with Gasteiger partial charge in [-0.1, -0.05) is 64.7 Å². The van der Waals surface area contributed by atoms with Crippen LogP contribution in [0, 0.1) is 0 Å². The van der Waals surface area contributed by atoms with E-state index in [1.165, 1.54) is 154 Å². The molecule has 9 heteroatoms. The van der Waals surface area contributed by atoms with Crippen molar-refractivity contribution in [3.63, 3.8) is 0 Å². The second-order valence-corrected chi connectivity index (χ2v) is 10.4. The zero-order valence-electron chi connectivity index (χ0n) is 22.5. The number of aliphatic hydroxyl groups is 1. The summed E-state index contributed by atoms with van der Waals surface area (Å²) in [6.45, 7) is 4.92. The molecule has 0 rings (SSSR count). The van der Waals surface area contributed by atoms with Crippen LogP contribution in [0.2, 0.25) is 3.67 Å². The van der Waals surface area contributed by atoms with Crippen LogP contribution in [-0.2, 0) is 10.4 Å². The minimum atomic E-state index is -4.67. The molecule has 33 heavy (non-hydrogen) atoms. The summed E-state index contributed by atoms with van der Waals surface area (Å²) in [6, 6.07) is 0. The number of unbranched alkanes of at least 4 members (excludes halogenated alkanes) is 18. The summed E-state index contributed by atoms with van der Waals surface area (Å²) in [4.78, 5) is 0. The molecule has 0 atom stereocenters. The fourth-order valence-corrected chi connectivity index (χ4v) is 3.84. The van der Waals surface area contributed by atoms with E-state index in [0.29, 0.717) is 6.61 Å². The van der Waals surface area contributed by atoms with Gasteiger partial charge in [-0.05, 0) is 6.42 Å². The average Bonchev–Trinajstić information content (AvgIpc) is 2.71. The summed E-state index contributed by atoms with van der Waals surface area (Å²) in [5.41, 5.74) is 0. The first kappa shape index (κ1) is 43.8. The topological polar surface area (TPSA) is 165 Å². The van der Waals surface area contributed by atoms with Crippen molar-refractivity contribution in [2.24, 2.45) is 0 Å². The quantitative estimate of drug-likeness (QED) is 0.0627. The minimum Gasteiger partial charge on any atom is -0.344 e. The van der Waals surface area contributed by atoms with Crippen LogP contribution in [0.3, 0.4) is 0 Å². The van der Waals surface area contributed by atoms with Gasteiger partial charge in [-0.3, -0.25) is 9.11 Å². The van der Waals surface area contributed by atoms with Gasteiger partial charge in [0.2, 0.25) is 0 Å². The van der Waals surface area contributed by atoms with E-state index in [0.717, 1.165) is 6.42 Å². The van der Waals surface area contributed by atoms with Crippen molar-refractivity contribution in [3.05, 3.63) is 0 Å². The Morgan fingerprint density at radius 1 is 0.515 bits per heavy atom. The molecule has 0 bridgehead atoms. The molecule has 202 valence electrons. The maximum absolute atomic E-state index is 8.74. The molecular weight excluding hydrogens is 451 g/mol. The summed E-state index contributed by atoms with van der Waals surface area (Å²) in [6.07, 6.45) is 28.0. The molecule has 0 fully saturated rings. The SMILES string of the molecule is CCCCCCCCCCCCO.CCCCCCCCCCC[CH2][Na].N.N.O=S(=O)(O)O. The van der Waals surface area contributed by atoms with Gasteiger partial charge in [0.1, 0.15) is 0 Å². The molecular formula is C24H59N2NaO5S. The maximum Gasteiger partial charge on any atom is 0.394 e. The zero-order valence-corrected chi connectivity index (χ0v) is 25.4. The Kier molecular flexibility index (Phi) is 53.0. The third-order valence-corrected chi connectivity index (χ3v) is 5.93. The third-order valence-electron chi connectivity index (χ3n) is 5.22. The Balaban J connectivity index is -0.000000125. The summed E-state index contributed by atoms with van der Waals surface area (Å²) >= 11 is 1.41. The first-order chi connectivity index (χ1) is 14.8. The molecule has 0 aliphatic carbocycles. The largest absolute Gasteiger partial charge is 0.394 e. The Morgan fingerprint density at radius 2 is 0.727 bits per heavy atom. The summed E-state index contributed by atoms with van der Waals surface area (Å²) in [7, 11) is -4.67. The fourth-order valence-electron chi connectivity index (χ4n) is 3.34. The van der Waals surface area contributed by atoms with E-state index >= 15 is 0 Å². The fraction of sp³-hybridized carbons (Fsp3) is 1.00. The molecule has 9 N–H and O–H groups in total. The molecule has 0 aromatic carbocycles. The van der Waals surface area contributed by atoms with Crippen molar-refractivity contribution in [3.8, 4) is 0 Å². The monoisotopic (exact) mass is 510 g/mol. The van der Waals surface area contributed by atoms with E-state index < -0.39 is 10.4 Å². The van der Waals surface area contributed by atoms with Crippen molar-refractivity contribution in [2.45, 2.75) is 146 Å². The average molecular weight is 511 g/mol. The van der Waals surface area contributed by atoms with Gasteiger partial charge in [0, 0.05) is 6.61 Å². The molecule has 0 aromatic heterocycles. The predicted octanol–water partition coefficient (Wildman–Crippen LogP) is 8.06. The van der Waals surface area contributed by atoms with Gasteiger partial charge in [0.15, 0.2) is 0 Å². The van der Waals surface area contributed by atoms with Crippen molar-refractivity contribution < 1.29 is 22.6 Å². The third kappa shape index (κ3) is 71.9. The molecule has 7 nitrogen and oxygen atoms in total. The molecule has 0 heterocycles. The van der Waals surface area contributed by atoms with Gasteiger partial charge in [-0.15, -0.1) is 0 Å². The number of aliphatic hydroxyl groups excluding tert-OH is 1. The van der Waals surface area contributed by atoms with Gasteiger partial charge in [0.25, 0.3) is 0 Å². The van der Waals surface area contributed by atoms with E-state index in [-0.39, 0.29) is 12.3 Å². The van der Waals surface area contributed by atoms with Crippen LogP contribution in [-0.4, -0.2) is 57.2 Å². The molecule has 0 unspecified atom stereocenters. The van der Waals surface area contributed by atoms with E-state index in [1.54, 1.807) is 0 Å². The van der Waals surface area contributed by atoms with Gasteiger partial charge >= 0.3 is 113 Å². The van der Waals surface area contributed by atoms with Crippen LogP contribution in [0.15, 0.2) is 0 Å². The molecule has 0 aliphatic rings. The number of hydrogen-bond donors (Lipinski definition) is 5. The van der Waals surface area contributed by atoms with Crippen LogP contribution < -0.4 is 12.3 Å². The first-order valence-electron chi connectivity index (χ1n) is 13.1. The van der Waals surface area contributed by atoms with Crippen LogP contribution in [0.25, 0.3) is 0 Å². The van der Waals surface area contributed by atoms with E-state index in [1.807, 2.05) is 0 Å². The second kappa shape index (κ2) is 39.9. The van der Waals surface area contributed by atoms with E-state index in [9.17, 15) is 0 Å². The summed E-state index contributed by atoms with van der Waals surface area (Å²) in [5, 5.41) is 8.57. The Morgan fingerprint density at radius 3 is 0.939 bits per heavy atom. The smallest absolute Gasteiger partial charge is 0.344 e. The molecule has 0 radical (unpaired) electrons. The molecule has 0 saturated heterocycles. The zero-order chi connectivity index (χ0) is 24.1. The molecule has 0 aromatic rings. The second-order valence-electron chi connectivity index (χ2n) is 8.54. The number of rotatable bonds is 20. The molecule has 0 aliphatic heterocycles. The van der Waals surface area contributed by atoms with Crippen LogP contribution in [0.1, 0.15) is 142 Å². The van der Waals surface area contributed by atoms with Gasteiger partial charge in [-0.25, -0.2) is 0 Å². The van der Waals surface area contributed by atoms with Crippen LogP contribution >= 0.6 is 0 Å². The van der Waals surface area contributed by atoms with Gasteiger partial charge in [-0.2, -0.15) is 8.42 Å². The van der Waals surface area contributed by atoms with Gasteiger partial charge < -0.3 is 17.4 Å². The van der Waals surface area contributed by atoms with Gasteiger partial charge in [0.05, 0.1) is 0 Å². The van der Waals surface area contributed by atoms with Crippen molar-refractivity contribution in [1.82, 2.24) is 12.3 Å². The Hall–Kier alpha value is 0.750. The normalized spacial score (nSPS) is 10.2. The summed E-state index contributed by atoms with van der Waals surface area (Å²) in [5.74, 6) is 0. The van der Waals surface area contributed by atoms with E-state index in [4.69, 9.17) is 22.6 Å². The summed E-state index contributed by atoms with van der Waals surface area (Å²) < 4.78 is 33.1. The molecule has 0 spiro atoms. The molecule has 0 amide bonds. The minimum absolute atomic E-state index is 0. The van der Waals surface area contributed by atoms with Crippen LogP contribution in [0.5, 0.6) is 0 Å². The Labute approximate surface area is 224 Å². The predicted molar refractivity (Wildman–Crippen MR) is 146 cm³/mol. The first-order valence-corrected chi connectivity index (χ1v) is 15.9. The van der Waals surface area contributed by atoms with Crippen molar-refractivity contribution >= 4 is 38.3 Å². The number of hydrogen-bond acceptors (Lipinski definition) is 5. The van der Waals surface area contributed by atoms with Crippen LogP contribution in [0.4, 0.5) is 0 Å². The Bertz CT molecular complexity index is 352. The molecule has 0 saturated carbocycles. The maximum atomic E-state index is 8.74. The van der Waals surface area contributed by atoms with E-state index in [2.05, 4.69) is 13.8 Å². The standard InChI is InChI=1S/C12H26O.C12H25.2H3N.Na.H2O4S/c1-2-3-4-5-6-7-8-9-10-11-12-13;1-3-5-7-9-11-12-10-8-6-4-2;;;;1-5(2,3)4/h13H,2-12H2,1H3;1,3-12H2,2H3;2*1H3;;(H2,1,2,3,4). The van der Waals surface area contributed by atoms with Crippen molar-refractivity contribution in [2.75, 3.05) is 6.61 Å².